The highest BCUT2D eigenvalue weighted by atomic mass is 35.5. The number of rotatable bonds is 9. The van der Waals surface area contributed by atoms with Crippen molar-refractivity contribution in [2.45, 2.75) is 32.5 Å². The van der Waals surface area contributed by atoms with Crippen LogP contribution in [-0.2, 0) is 11.3 Å². The summed E-state index contributed by atoms with van der Waals surface area (Å²) in [5.41, 5.74) is 0.949. The lowest BCUT2D eigenvalue weighted by molar-refractivity contribution is 0.0289. The lowest BCUT2D eigenvalue weighted by Gasteiger charge is -2.12. The Kier molecular flexibility index (Phi) is 8.01. The zero-order chi connectivity index (χ0) is 13.2. The summed E-state index contributed by atoms with van der Waals surface area (Å²) in [4.78, 5) is 0. The second kappa shape index (κ2) is 9.34. The van der Waals surface area contributed by atoms with E-state index in [0.29, 0.717) is 24.8 Å². The number of ether oxygens (including phenoxy) is 1. The Labute approximate surface area is 114 Å². The van der Waals surface area contributed by atoms with Gasteiger partial charge in [0, 0.05) is 11.6 Å². The second-order valence-electron chi connectivity index (χ2n) is 4.32. The monoisotopic (exact) mass is 271 g/mol. The molecule has 1 aromatic carbocycles. The average Bonchev–Trinajstić information content (AvgIpc) is 2.37. The van der Waals surface area contributed by atoms with Crippen LogP contribution in [0.4, 0.5) is 0 Å². The minimum Gasteiger partial charge on any atom is -0.389 e. The van der Waals surface area contributed by atoms with Crippen LogP contribution in [0.3, 0.4) is 0 Å². The van der Waals surface area contributed by atoms with Crippen LogP contribution >= 0.6 is 11.6 Å². The van der Waals surface area contributed by atoms with Gasteiger partial charge >= 0.3 is 0 Å². The van der Waals surface area contributed by atoms with Gasteiger partial charge in [-0.1, -0.05) is 43.1 Å². The first-order valence-corrected chi connectivity index (χ1v) is 6.81. The van der Waals surface area contributed by atoms with Gasteiger partial charge in [-0.3, -0.25) is 0 Å². The van der Waals surface area contributed by atoms with E-state index in [2.05, 4.69) is 12.2 Å². The van der Waals surface area contributed by atoms with Gasteiger partial charge in [-0.05, 0) is 24.6 Å². The Balaban J connectivity index is 2.12. The molecule has 1 unspecified atom stereocenters. The molecule has 102 valence electrons. The van der Waals surface area contributed by atoms with Crippen LogP contribution in [0.2, 0.25) is 5.02 Å². The van der Waals surface area contributed by atoms with E-state index in [1.165, 1.54) is 0 Å². The summed E-state index contributed by atoms with van der Waals surface area (Å²) < 4.78 is 5.44. The number of hydrogen-bond donors (Lipinski definition) is 2. The van der Waals surface area contributed by atoms with Crippen LogP contribution in [0.25, 0.3) is 0 Å². The first-order chi connectivity index (χ1) is 8.74. The van der Waals surface area contributed by atoms with E-state index < -0.39 is 6.10 Å². The van der Waals surface area contributed by atoms with Crippen molar-refractivity contribution in [3.05, 3.63) is 34.9 Å². The number of aliphatic hydroxyl groups is 1. The van der Waals surface area contributed by atoms with Crippen LogP contribution in [-0.4, -0.2) is 30.9 Å². The third kappa shape index (κ3) is 6.36. The molecule has 0 aliphatic carbocycles. The highest BCUT2D eigenvalue weighted by Gasteiger charge is 2.04. The maximum absolute atomic E-state index is 9.68. The highest BCUT2D eigenvalue weighted by molar-refractivity contribution is 6.31. The molecule has 1 aromatic rings. The molecule has 0 bridgehead atoms. The van der Waals surface area contributed by atoms with E-state index in [4.69, 9.17) is 16.3 Å². The van der Waals surface area contributed by atoms with Crippen LogP contribution in [0.5, 0.6) is 0 Å². The molecule has 18 heavy (non-hydrogen) atoms. The van der Waals surface area contributed by atoms with Gasteiger partial charge in [0.25, 0.3) is 0 Å². The molecule has 3 nitrogen and oxygen atoms in total. The number of halogens is 1. The Morgan fingerprint density at radius 1 is 1.39 bits per heavy atom. The van der Waals surface area contributed by atoms with Crippen molar-refractivity contribution in [3.63, 3.8) is 0 Å². The number of unbranched alkanes of at least 4 members (excludes halogenated alkanes) is 1. The lowest BCUT2D eigenvalue weighted by Crippen LogP contribution is -2.30. The fraction of sp³-hybridized carbons (Fsp3) is 0.571. The summed E-state index contributed by atoms with van der Waals surface area (Å²) in [5.74, 6) is 0. The fourth-order valence-corrected chi connectivity index (χ4v) is 1.74. The second-order valence-corrected chi connectivity index (χ2v) is 4.73. The highest BCUT2D eigenvalue weighted by Crippen LogP contribution is 2.15. The molecule has 0 spiro atoms. The molecule has 4 heteroatoms. The Bertz CT molecular complexity index is 333. The normalized spacial score (nSPS) is 12.6. The zero-order valence-corrected chi connectivity index (χ0v) is 11.6. The summed E-state index contributed by atoms with van der Waals surface area (Å²) in [6.07, 6.45) is 1.82. The van der Waals surface area contributed by atoms with Gasteiger partial charge in [-0.2, -0.15) is 0 Å². The third-order valence-corrected chi connectivity index (χ3v) is 2.98. The fourth-order valence-electron chi connectivity index (χ4n) is 1.55. The molecule has 0 saturated heterocycles. The standard InChI is InChI=1S/C14H22ClNO2/c1-2-3-8-16-9-13(17)11-18-10-12-6-4-5-7-14(12)15/h4-7,13,16-17H,2-3,8-11H2,1H3. The average molecular weight is 272 g/mol. The van der Waals surface area contributed by atoms with E-state index in [9.17, 15) is 5.11 Å². The van der Waals surface area contributed by atoms with Gasteiger partial charge in [0.1, 0.15) is 0 Å². The van der Waals surface area contributed by atoms with Gasteiger partial charge in [-0.25, -0.2) is 0 Å². The van der Waals surface area contributed by atoms with Gasteiger partial charge < -0.3 is 15.2 Å². The van der Waals surface area contributed by atoms with Crippen molar-refractivity contribution in [2.24, 2.45) is 0 Å². The summed E-state index contributed by atoms with van der Waals surface area (Å²) in [6.45, 7) is 4.42. The topological polar surface area (TPSA) is 41.5 Å². The molecular weight excluding hydrogens is 250 g/mol. The van der Waals surface area contributed by atoms with E-state index in [1.807, 2.05) is 24.3 Å². The van der Waals surface area contributed by atoms with Crippen LogP contribution in [0, 0.1) is 0 Å². The Morgan fingerprint density at radius 2 is 2.17 bits per heavy atom. The number of benzene rings is 1. The van der Waals surface area contributed by atoms with Crippen molar-refractivity contribution in [1.29, 1.82) is 0 Å². The summed E-state index contributed by atoms with van der Waals surface area (Å²) in [7, 11) is 0. The predicted octanol–water partition coefficient (Wildman–Crippen LogP) is 2.61. The van der Waals surface area contributed by atoms with Crippen LogP contribution in [0.1, 0.15) is 25.3 Å². The van der Waals surface area contributed by atoms with Gasteiger partial charge in [-0.15, -0.1) is 0 Å². The van der Waals surface area contributed by atoms with Crippen molar-refractivity contribution >= 4 is 11.6 Å². The molecule has 2 N–H and O–H groups in total. The molecule has 0 aromatic heterocycles. The Hall–Kier alpha value is -0.610. The Morgan fingerprint density at radius 3 is 2.89 bits per heavy atom. The smallest absolute Gasteiger partial charge is 0.0897 e. The van der Waals surface area contributed by atoms with Crippen molar-refractivity contribution in [3.8, 4) is 0 Å². The van der Waals surface area contributed by atoms with E-state index in [1.54, 1.807) is 0 Å². The quantitative estimate of drug-likeness (QED) is 0.679. The molecule has 1 atom stereocenters. The summed E-state index contributed by atoms with van der Waals surface area (Å²) in [5, 5.41) is 13.6. The number of nitrogens with one attached hydrogen (secondary N) is 1. The molecule has 0 amide bonds. The molecule has 0 fully saturated rings. The predicted molar refractivity (Wildman–Crippen MR) is 74.9 cm³/mol. The third-order valence-electron chi connectivity index (χ3n) is 2.61. The molecule has 1 rings (SSSR count). The minimum atomic E-state index is -0.468. The largest absolute Gasteiger partial charge is 0.389 e. The van der Waals surface area contributed by atoms with Crippen molar-refractivity contribution < 1.29 is 9.84 Å². The minimum absolute atomic E-state index is 0.324. The molecular formula is C14H22ClNO2. The maximum Gasteiger partial charge on any atom is 0.0897 e. The molecule has 0 aliphatic rings. The zero-order valence-electron chi connectivity index (χ0n) is 10.9. The van der Waals surface area contributed by atoms with E-state index >= 15 is 0 Å². The summed E-state index contributed by atoms with van der Waals surface area (Å²) in [6, 6.07) is 7.57. The van der Waals surface area contributed by atoms with Crippen LogP contribution < -0.4 is 5.32 Å². The molecule has 0 aliphatic heterocycles. The maximum atomic E-state index is 9.68. The van der Waals surface area contributed by atoms with E-state index in [0.717, 1.165) is 24.9 Å². The summed E-state index contributed by atoms with van der Waals surface area (Å²) >= 11 is 6.00. The first-order valence-electron chi connectivity index (χ1n) is 6.44. The molecule has 0 radical (unpaired) electrons. The number of aliphatic hydroxyl groups excluding tert-OH is 1. The van der Waals surface area contributed by atoms with Gasteiger partial charge in [0.05, 0.1) is 19.3 Å². The van der Waals surface area contributed by atoms with Crippen molar-refractivity contribution in [2.75, 3.05) is 19.7 Å². The molecule has 0 saturated carbocycles. The van der Waals surface area contributed by atoms with Crippen molar-refractivity contribution in [1.82, 2.24) is 5.32 Å². The van der Waals surface area contributed by atoms with E-state index in [-0.39, 0.29) is 0 Å². The first kappa shape index (κ1) is 15.4. The lowest BCUT2D eigenvalue weighted by atomic mass is 10.2. The number of hydrogen-bond acceptors (Lipinski definition) is 3. The van der Waals surface area contributed by atoms with Gasteiger partial charge in [0.2, 0.25) is 0 Å². The molecule has 0 heterocycles. The van der Waals surface area contributed by atoms with Crippen LogP contribution in [0.15, 0.2) is 24.3 Å². The van der Waals surface area contributed by atoms with Gasteiger partial charge in [0.15, 0.2) is 0 Å². The SMILES string of the molecule is CCCCNCC(O)COCc1ccccc1Cl.